The quantitative estimate of drug-likeness (QED) is 0.400. The van der Waals surface area contributed by atoms with Gasteiger partial charge in [-0.25, -0.2) is 0 Å². The number of nitrogens with one attached hydrogen (secondary N) is 2. The summed E-state index contributed by atoms with van der Waals surface area (Å²) in [5.74, 6) is 0.582. The first kappa shape index (κ1) is 22.0. The van der Waals surface area contributed by atoms with Crippen molar-refractivity contribution < 1.29 is 14.3 Å². The number of para-hydroxylation sites is 2. The first-order valence-electron chi connectivity index (χ1n) is 9.37. The topological polar surface area (TPSA) is 59.6 Å². The van der Waals surface area contributed by atoms with E-state index in [9.17, 15) is 4.79 Å². The fourth-order valence-corrected chi connectivity index (χ4v) is 3.30. The standard InChI is InChI=1S/C23H22Cl2N2O3/c1-29-13-14-30-18-11-9-17(10-12-18)26-22(28)15-16-5-2-3-8-21(16)27-23-19(24)6-4-7-20(23)25/h2-12,27H,13-15H2,1H3,(H,26,28). The van der Waals surface area contributed by atoms with Crippen LogP contribution in [0.15, 0.2) is 66.7 Å². The summed E-state index contributed by atoms with van der Waals surface area (Å²) in [7, 11) is 1.62. The number of rotatable bonds is 9. The molecule has 30 heavy (non-hydrogen) atoms. The maximum absolute atomic E-state index is 12.6. The van der Waals surface area contributed by atoms with Crippen LogP contribution in [0.2, 0.25) is 10.0 Å². The largest absolute Gasteiger partial charge is 0.491 e. The minimum atomic E-state index is -0.137. The molecule has 0 heterocycles. The Morgan fingerprint density at radius 3 is 2.30 bits per heavy atom. The number of carbonyl (C=O) groups excluding carboxylic acids is 1. The number of carbonyl (C=O) groups is 1. The van der Waals surface area contributed by atoms with Gasteiger partial charge in [0.2, 0.25) is 5.91 Å². The second-order valence-corrected chi connectivity index (χ2v) is 7.28. The van der Waals surface area contributed by atoms with Gasteiger partial charge in [-0.05, 0) is 48.0 Å². The van der Waals surface area contributed by atoms with Crippen molar-refractivity contribution in [3.05, 3.63) is 82.3 Å². The summed E-state index contributed by atoms with van der Waals surface area (Å²) >= 11 is 12.5. The molecule has 0 atom stereocenters. The van der Waals surface area contributed by atoms with Crippen molar-refractivity contribution >= 4 is 46.2 Å². The molecule has 7 heteroatoms. The monoisotopic (exact) mass is 444 g/mol. The number of halogens is 2. The Bertz CT molecular complexity index is 974. The van der Waals surface area contributed by atoms with E-state index >= 15 is 0 Å². The van der Waals surface area contributed by atoms with Crippen molar-refractivity contribution in [1.82, 2.24) is 0 Å². The molecule has 0 aliphatic rings. The summed E-state index contributed by atoms with van der Waals surface area (Å²) < 4.78 is 10.5. The van der Waals surface area contributed by atoms with Gasteiger partial charge in [-0.15, -0.1) is 0 Å². The average Bonchev–Trinajstić information content (AvgIpc) is 2.73. The fourth-order valence-electron chi connectivity index (χ4n) is 2.80. The van der Waals surface area contributed by atoms with Gasteiger partial charge >= 0.3 is 0 Å². The lowest BCUT2D eigenvalue weighted by Crippen LogP contribution is -2.15. The van der Waals surface area contributed by atoms with Crippen LogP contribution in [0.3, 0.4) is 0 Å². The zero-order valence-electron chi connectivity index (χ0n) is 16.5. The molecule has 0 aromatic heterocycles. The lowest BCUT2D eigenvalue weighted by molar-refractivity contribution is -0.115. The molecule has 3 rings (SSSR count). The highest BCUT2D eigenvalue weighted by molar-refractivity contribution is 6.39. The Labute approximate surface area is 185 Å². The van der Waals surface area contributed by atoms with E-state index in [1.54, 1.807) is 49.6 Å². The summed E-state index contributed by atoms with van der Waals surface area (Å²) in [5.41, 5.74) is 2.89. The van der Waals surface area contributed by atoms with Gasteiger partial charge in [0.05, 0.1) is 28.8 Å². The number of hydrogen-bond donors (Lipinski definition) is 2. The molecule has 0 saturated carbocycles. The van der Waals surface area contributed by atoms with E-state index in [2.05, 4.69) is 10.6 Å². The van der Waals surface area contributed by atoms with Gasteiger partial charge in [0.25, 0.3) is 0 Å². The molecule has 0 radical (unpaired) electrons. The maximum atomic E-state index is 12.6. The van der Waals surface area contributed by atoms with Gasteiger partial charge in [-0.1, -0.05) is 47.5 Å². The zero-order chi connectivity index (χ0) is 21.3. The van der Waals surface area contributed by atoms with Gasteiger partial charge in [-0.2, -0.15) is 0 Å². The van der Waals surface area contributed by atoms with E-state index in [-0.39, 0.29) is 12.3 Å². The molecule has 156 valence electrons. The summed E-state index contributed by atoms with van der Waals surface area (Å²) in [6.07, 6.45) is 0.192. The van der Waals surface area contributed by atoms with Crippen LogP contribution in [0.4, 0.5) is 17.1 Å². The molecule has 3 aromatic rings. The van der Waals surface area contributed by atoms with Crippen LogP contribution in [0.25, 0.3) is 0 Å². The van der Waals surface area contributed by atoms with E-state index in [0.29, 0.717) is 34.6 Å². The van der Waals surface area contributed by atoms with Gasteiger partial charge in [0.1, 0.15) is 12.4 Å². The van der Waals surface area contributed by atoms with Crippen LogP contribution >= 0.6 is 23.2 Å². The Kier molecular flexibility index (Phi) is 7.97. The van der Waals surface area contributed by atoms with E-state index in [4.69, 9.17) is 32.7 Å². The zero-order valence-corrected chi connectivity index (χ0v) is 18.0. The van der Waals surface area contributed by atoms with Crippen LogP contribution in [0, 0.1) is 0 Å². The van der Waals surface area contributed by atoms with Crippen LogP contribution in [0.1, 0.15) is 5.56 Å². The molecule has 0 fully saturated rings. The lowest BCUT2D eigenvalue weighted by atomic mass is 10.1. The van der Waals surface area contributed by atoms with Crippen molar-refractivity contribution in [2.45, 2.75) is 6.42 Å². The fraction of sp³-hybridized carbons (Fsp3) is 0.174. The molecule has 0 aliphatic heterocycles. The molecule has 0 saturated heterocycles. The third-order valence-electron chi connectivity index (χ3n) is 4.29. The number of hydrogen-bond acceptors (Lipinski definition) is 4. The third kappa shape index (κ3) is 6.13. The normalized spacial score (nSPS) is 10.5. The maximum Gasteiger partial charge on any atom is 0.228 e. The second kappa shape index (κ2) is 10.9. The molecule has 2 N–H and O–H groups in total. The highest BCUT2D eigenvalue weighted by atomic mass is 35.5. The van der Waals surface area contributed by atoms with Crippen molar-refractivity contribution in [3.63, 3.8) is 0 Å². The Morgan fingerprint density at radius 1 is 0.900 bits per heavy atom. The minimum absolute atomic E-state index is 0.137. The Hall–Kier alpha value is -2.73. The Balaban J connectivity index is 1.64. The number of amides is 1. The molecular weight excluding hydrogens is 423 g/mol. The highest BCUT2D eigenvalue weighted by Gasteiger charge is 2.11. The average molecular weight is 445 g/mol. The van der Waals surface area contributed by atoms with Crippen molar-refractivity contribution in [2.75, 3.05) is 31.0 Å². The number of benzene rings is 3. The predicted molar refractivity (Wildman–Crippen MR) is 122 cm³/mol. The molecular formula is C23H22Cl2N2O3. The van der Waals surface area contributed by atoms with Gasteiger partial charge in [-0.3, -0.25) is 4.79 Å². The molecule has 3 aromatic carbocycles. The number of anilines is 3. The predicted octanol–water partition coefficient (Wildman–Crippen LogP) is 5.94. The van der Waals surface area contributed by atoms with Crippen molar-refractivity contribution in [3.8, 4) is 5.75 Å². The van der Waals surface area contributed by atoms with Crippen LogP contribution < -0.4 is 15.4 Å². The number of ether oxygens (including phenoxy) is 2. The SMILES string of the molecule is COCCOc1ccc(NC(=O)Cc2ccccc2Nc2c(Cl)cccc2Cl)cc1. The summed E-state index contributed by atoms with van der Waals surface area (Å²) in [6, 6.07) is 20.0. The number of methoxy groups -OCH3 is 1. The molecule has 0 aliphatic carbocycles. The van der Waals surface area contributed by atoms with Gasteiger partial charge in [0.15, 0.2) is 0 Å². The van der Waals surface area contributed by atoms with E-state index in [1.807, 2.05) is 24.3 Å². The van der Waals surface area contributed by atoms with Gasteiger partial charge < -0.3 is 20.1 Å². The van der Waals surface area contributed by atoms with E-state index in [1.165, 1.54) is 0 Å². The summed E-state index contributed by atoms with van der Waals surface area (Å²) in [4.78, 5) is 12.6. The van der Waals surface area contributed by atoms with E-state index < -0.39 is 0 Å². The van der Waals surface area contributed by atoms with Crippen molar-refractivity contribution in [1.29, 1.82) is 0 Å². The van der Waals surface area contributed by atoms with Crippen LogP contribution in [-0.4, -0.2) is 26.2 Å². The lowest BCUT2D eigenvalue weighted by Gasteiger charge is -2.14. The summed E-state index contributed by atoms with van der Waals surface area (Å²) in [5, 5.41) is 7.16. The first-order chi connectivity index (χ1) is 14.6. The molecule has 1 amide bonds. The highest BCUT2D eigenvalue weighted by Crippen LogP contribution is 2.33. The second-order valence-electron chi connectivity index (χ2n) is 6.47. The third-order valence-corrected chi connectivity index (χ3v) is 4.92. The van der Waals surface area contributed by atoms with Crippen LogP contribution in [-0.2, 0) is 16.0 Å². The first-order valence-corrected chi connectivity index (χ1v) is 10.1. The van der Waals surface area contributed by atoms with Gasteiger partial charge in [0, 0.05) is 18.5 Å². The van der Waals surface area contributed by atoms with Crippen molar-refractivity contribution in [2.24, 2.45) is 0 Å². The minimum Gasteiger partial charge on any atom is -0.491 e. The molecule has 5 nitrogen and oxygen atoms in total. The van der Waals surface area contributed by atoms with Crippen LogP contribution in [0.5, 0.6) is 5.75 Å². The Morgan fingerprint density at radius 2 is 1.60 bits per heavy atom. The molecule has 0 bridgehead atoms. The molecule has 0 unspecified atom stereocenters. The smallest absolute Gasteiger partial charge is 0.228 e. The van der Waals surface area contributed by atoms with E-state index in [0.717, 1.165) is 17.0 Å². The molecule has 0 spiro atoms. The summed E-state index contributed by atoms with van der Waals surface area (Å²) in [6.45, 7) is 0.993.